The summed E-state index contributed by atoms with van der Waals surface area (Å²) >= 11 is 0. The summed E-state index contributed by atoms with van der Waals surface area (Å²) < 4.78 is 16.8. The standard InChI is InChI=1S/C19H30N2O3/c1-19(2)13-21(11-12-24-19)10-9-20-16-7-5-15-14(16)6-8-17(22-3)18(15)23-4/h6,8,16,20H,5,7,9-13H2,1-4H3/t16-/m0/s1. The largest absolute Gasteiger partial charge is 0.493 e. The molecule has 5 nitrogen and oxygen atoms in total. The smallest absolute Gasteiger partial charge is 0.164 e. The molecule has 2 aliphatic rings. The van der Waals surface area contributed by atoms with Gasteiger partial charge in [-0.05, 0) is 38.3 Å². The van der Waals surface area contributed by atoms with Gasteiger partial charge in [0.05, 0.1) is 26.4 Å². The van der Waals surface area contributed by atoms with Gasteiger partial charge in [-0.25, -0.2) is 0 Å². The monoisotopic (exact) mass is 334 g/mol. The maximum absolute atomic E-state index is 5.78. The van der Waals surface area contributed by atoms with E-state index in [1.165, 1.54) is 11.1 Å². The predicted molar refractivity (Wildman–Crippen MR) is 95.1 cm³/mol. The highest BCUT2D eigenvalue weighted by Gasteiger charge is 2.29. The summed E-state index contributed by atoms with van der Waals surface area (Å²) in [7, 11) is 3.41. The lowest BCUT2D eigenvalue weighted by Gasteiger charge is -2.38. The number of ether oxygens (including phenoxy) is 3. The molecule has 1 atom stereocenters. The first-order chi connectivity index (χ1) is 11.5. The molecule has 1 fully saturated rings. The van der Waals surface area contributed by atoms with Crippen LogP contribution in [0.3, 0.4) is 0 Å². The van der Waals surface area contributed by atoms with Gasteiger partial charge in [-0.1, -0.05) is 6.07 Å². The third-order valence-electron chi connectivity index (χ3n) is 5.07. The molecular formula is C19H30N2O3. The molecule has 0 unspecified atom stereocenters. The predicted octanol–water partition coefficient (Wildman–Crippen LogP) is 2.39. The van der Waals surface area contributed by atoms with E-state index in [1.807, 2.05) is 6.07 Å². The first kappa shape index (κ1) is 17.5. The average Bonchev–Trinajstić information content (AvgIpc) is 2.96. The van der Waals surface area contributed by atoms with Gasteiger partial charge in [0.25, 0.3) is 0 Å². The van der Waals surface area contributed by atoms with E-state index in [2.05, 4.69) is 30.1 Å². The average molecular weight is 334 g/mol. The highest BCUT2D eigenvalue weighted by Crippen LogP contribution is 2.42. The molecule has 24 heavy (non-hydrogen) atoms. The molecule has 0 spiro atoms. The zero-order valence-corrected chi connectivity index (χ0v) is 15.4. The van der Waals surface area contributed by atoms with E-state index >= 15 is 0 Å². The Labute approximate surface area is 145 Å². The van der Waals surface area contributed by atoms with Crippen LogP contribution in [0, 0.1) is 0 Å². The fraction of sp³-hybridized carbons (Fsp3) is 0.684. The lowest BCUT2D eigenvalue weighted by atomic mass is 10.1. The van der Waals surface area contributed by atoms with Gasteiger partial charge in [0.1, 0.15) is 0 Å². The maximum atomic E-state index is 5.78. The molecule has 1 saturated heterocycles. The van der Waals surface area contributed by atoms with Crippen LogP contribution in [0.25, 0.3) is 0 Å². The SMILES string of the molecule is COc1ccc2c(c1OC)CC[C@@H]2NCCN1CCOC(C)(C)C1. The van der Waals surface area contributed by atoms with E-state index in [-0.39, 0.29) is 5.60 Å². The van der Waals surface area contributed by atoms with Crippen LogP contribution in [0.5, 0.6) is 11.5 Å². The molecule has 134 valence electrons. The Bertz CT molecular complexity index is 574. The molecule has 1 aliphatic carbocycles. The van der Waals surface area contributed by atoms with Crippen LogP contribution in [0.4, 0.5) is 0 Å². The molecule has 5 heteroatoms. The van der Waals surface area contributed by atoms with E-state index in [4.69, 9.17) is 14.2 Å². The third-order valence-corrected chi connectivity index (χ3v) is 5.07. The van der Waals surface area contributed by atoms with Crippen LogP contribution >= 0.6 is 0 Å². The van der Waals surface area contributed by atoms with Crippen molar-refractivity contribution in [3.8, 4) is 11.5 Å². The number of methoxy groups -OCH3 is 2. The van der Waals surface area contributed by atoms with Gasteiger partial charge in [0.15, 0.2) is 11.5 Å². The minimum Gasteiger partial charge on any atom is -0.493 e. The fourth-order valence-electron chi connectivity index (χ4n) is 3.95. The number of hydrogen-bond donors (Lipinski definition) is 1. The second-order valence-corrected chi connectivity index (χ2v) is 7.30. The number of morpholine rings is 1. The van der Waals surface area contributed by atoms with Gasteiger partial charge in [-0.2, -0.15) is 0 Å². The lowest BCUT2D eigenvalue weighted by Crippen LogP contribution is -2.49. The van der Waals surface area contributed by atoms with Crippen molar-refractivity contribution >= 4 is 0 Å². The van der Waals surface area contributed by atoms with Crippen LogP contribution in [0.1, 0.15) is 37.4 Å². The Morgan fingerprint density at radius 3 is 2.83 bits per heavy atom. The second kappa shape index (κ2) is 7.30. The molecule has 1 aromatic carbocycles. The minimum absolute atomic E-state index is 0.0257. The molecule has 0 aromatic heterocycles. The molecule has 1 aliphatic heterocycles. The van der Waals surface area contributed by atoms with Crippen molar-refractivity contribution in [2.75, 3.05) is 47.0 Å². The highest BCUT2D eigenvalue weighted by atomic mass is 16.5. The molecule has 0 saturated carbocycles. The summed E-state index contributed by atoms with van der Waals surface area (Å²) in [6.45, 7) is 9.24. The number of benzene rings is 1. The molecule has 1 N–H and O–H groups in total. The Balaban J connectivity index is 1.57. The molecular weight excluding hydrogens is 304 g/mol. The van der Waals surface area contributed by atoms with Gasteiger partial charge in [-0.15, -0.1) is 0 Å². The quantitative estimate of drug-likeness (QED) is 0.865. The van der Waals surface area contributed by atoms with Gasteiger partial charge < -0.3 is 19.5 Å². The van der Waals surface area contributed by atoms with Crippen molar-refractivity contribution in [2.45, 2.75) is 38.3 Å². The zero-order chi connectivity index (χ0) is 17.2. The van der Waals surface area contributed by atoms with Gasteiger partial charge in [0, 0.05) is 37.8 Å². The number of fused-ring (bicyclic) bond motifs is 1. The van der Waals surface area contributed by atoms with Crippen molar-refractivity contribution in [1.82, 2.24) is 10.2 Å². The van der Waals surface area contributed by atoms with Crippen LogP contribution in [-0.4, -0.2) is 57.5 Å². The number of rotatable bonds is 6. The van der Waals surface area contributed by atoms with E-state index in [1.54, 1.807) is 14.2 Å². The van der Waals surface area contributed by atoms with Crippen LogP contribution in [-0.2, 0) is 11.2 Å². The van der Waals surface area contributed by atoms with Crippen molar-refractivity contribution in [3.05, 3.63) is 23.3 Å². The van der Waals surface area contributed by atoms with Gasteiger partial charge >= 0.3 is 0 Å². The zero-order valence-electron chi connectivity index (χ0n) is 15.4. The summed E-state index contributed by atoms with van der Waals surface area (Å²) in [6.07, 6.45) is 2.16. The summed E-state index contributed by atoms with van der Waals surface area (Å²) in [5, 5.41) is 3.72. The summed E-state index contributed by atoms with van der Waals surface area (Å²) in [5.41, 5.74) is 2.62. The third kappa shape index (κ3) is 3.68. The molecule has 1 heterocycles. The van der Waals surface area contributed by atoms with Gasteiger partial charge in [-0.3, -0.25) is 4.90 Å². The van der Waals surface area contributed by atoms with Crippen molar-refractivity contribution in [2.24, 2.45) is 0 Å². The molecule has 0 radical (unpaired) electrons. The molecule has 1 aromatic rings. The van der Waals surface area contributed by atoms with Crippen molar-refractivity contribution in [3.63, 3.8) is 0 Å². The number of nitrogens with zero attached hydrogens (tertiary/aromatic N) is 1. The van der Waals surface area contributed by atoms with Crippen molar-refractivity contribution < 1.29 is 14.2 Å². The van der Waals surface area contributed by atoms with E-state index in [9.17, 15) is 0 Å². The Morgan fingerprint density at radius 1 is 1.29 bits per heavy atom. The van der Waals surface area contributed by atoms with Crippen LogP contribution in [0.2, 0.25) is 0 Å². The van der Waals surface area contributed by atoms with E-state index in [0.29, 0.717) is 6.04 Å². The molecule has 0 amide bonds. The number of hydrogen-bond acceptors (Lipinski definition) is 5. The summed E-state index contributed by atoms with van der Waals surface area (Å²) in [4.78, 5) is 2.49. The number of nitrogens with one attached hydrogen (secondary N) is 1. The fourth-order valence-corrected chi connectivity index (χ4v) is 3.95. The lowest BCUT2D eigenvalue weighted by molar-refractivity contribution is -0.0855. The maximum Gasteiger partial charge on any atom is 0.164 e. The van der Waals surface area contributed by atoms with Crippen LogP contribution in [0.15, 0.2) is 12.1 Å². The topological polar surface area (TPSA) is 43.0 Å². The van der Waals surface area contributed by atoms with Crippen LogP contribution < -0.4 is 14.8 Å². The van der Waals surface area contributed by atoms with E-state index in [0.717, 1.165) is 57.1 Å². The molecule has 3 rings (SSSR count). The summed E-state index contributed by atoms with van der Waals surface area (Å²) in [6, 6.07) is 4.61. The first-order valence-electron chi connectivity index (χ1n) is 8.87. The Kier molecular flexibility index (Phi) is 5.33. The first-order valence-corrected chi connectivity index (χ1v) is 8.87. The minimum atomic E-state index is -0.0257. The van der Waals surface area contributed by atoms with E-state index < -0.39 is 0 Å². The Hall–Kier alpha value is -1.30. The Morgan fingerprint density at radius 2 is 2.12 bits per heavy atom. The van der Waals surface area contributed by atoms with Crippen molar-refractivity contribution in [1.29, 1.82) is 0 Å². The summed E-state index contributed by atoms with van der Waals surface area (Å²) in [5.74, 6) is 1.72. The second-order valence-electron chi connectivity index (χ2n) is 7.30. The highest BCUT2D eigenvalue weighted by molar-refractivity contribution is 5.53. The van der Waals surface area contributed by atoms with Gasteiger partial charge in [0.2, 0.25) is 0 Å². The normalized spacial score (nSPS) is 23.1. The molecule has 0 bridgehead atoms.